The minimum Gasteiger partial charge on any atom is -0.467 e. The van der Waals surface area contributed by atoms with Crippen LogP contribution in [0.25, 0.3) is 11.4 Å². The van der Waals surface area contributed by atoms with Crippen LogP contribution in [0.3, 0.4) is 0 Å². The first-order chi connectivity index (χ1) is 14.7. The molecular formula is C23H28N4O2S. The minimum atomic E-state index is -0.253. The predicted octanol–water partition coefficient (Wildman–Crippen LogP) is 4.91. The Bertz CT molecular complexity index is 932. The van der Waals surface area contributed by atoms with Gasteiger partial charge in [-0.15, -0.1) is 10.2 Å². The van der Waals surface area contributed by atoms with Gasteiger partial charge >= 0.3 is 0 Å². The Morgan fingerprint density at radius 1 is 1.13 bits per heavy atom. The lowest BCUT2D eigenvalue weighted by molar-refractivity contribution is -0.121. The smallest absolute Gasteiger partial charge is 0.233 e. The highest BCUT2D eigenvalue weighted by Crippen LogP contribution is 2.28. The minimum absolute atomic E-state index is 0.0701. The number of hydrogen-bond donors (Lipinski definition) is 1. The second-order valence-electron chi connectivity index (χ2n) is 7.79. The van der Waals surface area contributed by atoms with Crippen molar-refractivity contribution in [2.45, 2.75) is 68.4 Å². The van der Waals surface area contributed by atoms with Gasteiger partial charge in [0.2, 0.25) is 5.91 Å². The zero-order valence-electron chi connectivity index (χ0n) is 17.3. The van der Waals surface area contributed by atoms with Gasteiger partial charge in [0.15, 0.2) is 11.0 Å². The fraction of sp³-hybridized carbons (Fsp3) is 0.435. The molecule has 1 aliphatic carbocycles. The average Bonchev–Trinajstić information content (AvgIpc) is 3.34. The zero-order valence-corrected chi connectivity index (χ0v) is 18.1. The van der Waals surface area contributed by atoms with Crippen molar-refractivity contribution in [3.63, 3.8) is 0 Å². The van der Waals surface area contributed by atoms with Crippen molar-refractivity contribution in [2.75, 3.05) is 0 Å². The number of benzene rings is 1. The number of hydrogen-bond acceptors (Lipinski definition) is 5. The molecule has 1 atom stereocenters. The molecular weight excluding hydrogens is 396 g/mol. The summed E-state index contributed by atoms with van der Waals surface area (Å²) < 4.78 is 7.57. The van der Waals surface area contributed by atoms with Crippen molar-refractivity contribution in [2.24, 2.45) is 0 Å². The molecule has 0 aliphatic heterocycles. The molecule has 3 aromatic rings. The van der Waals surface area contributed by atoms with E-state index in [1.54, 1.807) is 6.26 Å². The highest BCUT2D eigenvalue weighted by molar-refractivity contribution is 8.00. The lowest BCUT2D eigenvalue weighted by Crippen LogP contribution is -2.39. The average molecular weight is 425 g/mol. The van der Waals surface area contributed by atoms with Crippen LogP contribution in [0.4, 0.5) is 0 Å². The first-order valence-corrected chi connectivity index (χ1v) is 11.6. The van der Waals surface area contributed by atoms with E-state index in [1.807, 2.05) is 54.0 Å². The number of furan rings is 1. The molecule has 158 valence electrons. The van der Waals surface area contributed by atoms with Gasteiger partial charge in [0.25, 0.3) is 0 Å². The summed E-state index contributed by atoms with van der Waals surface area (Å²) in [6.45, 7) is 2.45. The summed E-state index contributed by atoms with van der Waals surface area (Å²) in [4.78, 5) is 12.8. The second kappa shape index (κ2) is 9.98. The van der Waals surface area contributed by atoms with E-state index in [4.69, 9.17) is 4.42 Å². The molecule has 0 unspecified atom stereocenters. The SMILES string of the molecule is C[C@H](Sc1nnc(-c2ccccc2)n1Cc1ccco1)C(=O)NC1CCCCCC1. The van der Waals surface area contributed by atoms with Crippen molar-refractivity contribution in [3.05, 3.63) is 54.5 Å². The molecule has 1 saturated carbocycles. The standard InChI is InChI=1S/C23H28N4O2S/c1-17(22(28)24-19-12-7-2-3-8-13-19)30-23-26-25-21(18-10-5-4-6-11-18)27(23)16-20-14-9-15-29-20/h4-6,9-11,14-15,17,19H,2-3,7-8,12-13,16H2,1H3,(H,24,28)/t17-/m0/s1. The van der Waals surface area contributed by atoms with Crippen LogP contribution in [-0.4, -0.2) is 32.0 Å². The first kappa shape index (κ1) is 20.7. The molecule has 1 fully saturated rings. The third kappa shape index (κ3) is 5.14. The number of aromatic nitrogens is 3. The molecule has 1 N–H and O–H groups in total. The van der Waals surface area contributed by atoms with E-state index in [0.29, 0.717) is 17.7 Å². The Hall–Kier alpha value is -2.54. The lowest BCUT2D eigenvalue weighted by atomic mass is 10.1. The van der Waals surface area contributed by atoms with Crippen molar-refractivity contribution >= 4 is 17.7 Å². The van der Waals surface area contributed by atoms with E-state index in [9.17, 15) is 4.79 Å². The van der Waals surface area contributed by atoms with E-state index in [-0.39, 0.29) is 11.2 Å². The maximum Gasteiger partial charge on any atom is 0.233 e. The quantitative estimate of drug-likeness (QED) is 0.431. The molecule has 0 radical (unpaired) electrons. The number of carbonyl (C=O) groups is 1. The summed E-state index contributed by atoms with van der Waals surface area (Å²) in [5, 5.41) is 12.5. The summed E-state index contributed by atoms with van der Waals surface area (Å²) in [6.07, 6.45) is 8.77. The summed E-state index contributed by atoms with van der Waals surface area (Å²) in [5.74, 6) is 1.66. The van der Waals surface area contributed by atoms with Crippen LogP contribution in [0.5, 0.6) is 0 Å². The van der Waals surface area contributed by atoms with Gasteiger partial charge in [-0.2, -0.15) is 0 Å². The Labute approximate surface area is 181 Å². The molecule has 0 saturated heterocycles. The van der Waals surface area contributed by atoms with Gasteiger partial charge < -0.3 is 9.73 Å². The van der Waals surface area contributed by atoms with Crippen molar-refractivity contribution in [1.82, 2.24) is 20.1 Å². The molecule has 0 bridgehead atoms. The summed E-state index contributed by atoms with van der Waals surface area (Å²) in [5.41, 5.74) is 0.985. The van der Waals surface area contributed by atoms with Crippen LogP contribution in [0.1, 0.15) is 51.2 Å². The van der Waals surface area contributed by atoms with Crippen LogP contribution < -0.4 is 5.32 Å². The van der Waals surface area contributed by atoms with Crippen LogP contribution >= 0.6 is 11.8 Å². The van der Waals surface area contributed by atoms with E-state index in [1.165, 1.54) is 37.4 Å². The third-order valence-electron chi connectivity index (χ3n) is 5.50. The predicted molar refractivity (Wildman–Crippen MR) is 118 cm³/mol. The number of carbonyl (C=O) groups excluding carboxylic acids is 1. The Balaban J connectivity index is 1.51. The molecule has 1 amide bonds. The maximum atomic E-state index is 12.8. The summed E-state index contributed by atoms with van der Waals surface area (Å²) >= 11 is 1.45. The monoisotopic (exact) mass is 424 g/mol. The van der Waals surface area contributed by atoms with Gasteiger partial charge in [0.05, 0.1) is 18.1 Å². The highest BCUT2D eigenvalue weighted by Gasteiger charge is 2.23. The van der Waals surface area contributed by atoms with Gasteiger partial charge in [-0.1, -0.05) is 67.8 Å². The maximum absolute atomic E-state index is 12.8. The summed E-state index contributed by atoms with van der Waals surface area (Å²) in [6, 6.07) is 14.1. The molecule has 4 rings (SSSR count). The second-order valence-corrected chi connectivity index (χ2v) is 9.10. The van der Waals surface area contributed by atoms with Crippen LogP contribution in [-0.2, 0) is 11.3 Å². The molecule has 0 spiro atoms. The van der Waals surface area contributed by atoms with Gasteiger partial charge in [0.1, 0.15) is 5.76 Å². The van der Waals surface area contributed by atoms with E-state index >= 15 is 0 Å². The lowest BCUT2D eigenvalue weighted by Gasteiger charge is -2.19. The topological polar surface area (TPSA) is 73.0 Å². The zero-order chi connectivity index (χ0) is 20.8. The Morgan fingerprint density at radius 3 is 2.60 bits per heavy atom. The van der Waals surface area contributed by atoms with Crippen LogP contribution in [0.15, 0.2) is 58.3 Å². The number of amides is 1. The van der Waals surface area contributed by atoms with Gasteiger partial charge in [0, 0.05) is 11.6 Å². The molecule has 1 aromatic carbocycles. The van der Waals surface area contributed by atoms with Gasteiger partial charge in [-0.3, -0.25) is 9.36 Å². The molecule has 2 aromatic heterocycles. The number of nitrogens with one attached hydrogen (secondary N) is 1. The fourth-order valence-corrected chi connectivity index (χ4v) is 4.69. The van der Waals surface area contributed by atoms with Crippen LogP contribution in [0, 0.1) is 0 Å². The van der Waals surface area contributed by atoms with Crippen LogP contribution in [0.2, 0.25) is 0 Å². The number of thioether (sulfide) groups is 1. The summed E-state index contributed by atoms with van der Waals surface area (Å²) in [7, 11) is 0. The first-order valence-electron chi connectivity index (χ1n) is 10.7. The van der Waals surface area contributed by atoms with Gasteiger partial charge in [-0.05, 0) is 31.9 Å². The van der Waals surface area contributed by atoms with Gasteiger partial charge in [-0.25, -0.2) is 0 Å². The molecule has 30 heavy (non-hydrogen) atoms. The number of rotatable bonds is 7. The van der Waals surface area contributed by atoms with Crippen molar-refractivity contribution < 1.29 is 9.21 Å². The largest absolute Gasteiger partial charge is 0.467 e. The van der Waals surface area contributed by atoms with E-state index < -0.39 is 0 Å². The number of nitrogens with zero attached hydrogens (tertiary/aromatic N) is 3. The third-order valence-corrected chi connectivity index (χ3v) is 6.58. The van der Waals surface area contributed by atoms with Crippen molar-refractivity contribution in [1.29, 1.82) is 0 Å². The van der Waals surface area contributed by atoms with E-state index in [2.05, 4.69) is 15.5 Å². The molecule has 6 nitrogen and oxygen atoms in total. The molecule has 7 heteroatoms. The molecule has 1 aliphatic rings. The normalized spacial score (nSPS) is 16.2. The molecule has 2 heterocycles. The highest BCUT2D eigenvalue weighted by atomic mass is 32.2. The van der Waals surface area contributed by atoms with E-state index in [0.717, 1.165) is 30.0 Å². The fourth-order valence-electron chi connectivity index (χ4n) is 3.83. The van der Waals surface area contributed by atoms with Crippen molar-refractivity contribution in [3.8, 4) is 11.4 Å². The Morgan fingerprint density at radius 2 is 1.90 bits per heavy atom. The Kier molecular flexibility index (Phi) is 6.89.